The lowest BCUT2D eigenvalue weighted by Gasteiger charge is -2.18. The Hall–Kier alpha value is -2.10. The summed E-state index contributed by atoms with van der Waals surface area (Å²) in [5, 5.41) is 10.9. The molecule has 0 fully saturated rings. The summed E-state index contributed by atoms with van der Waals surface area (Å²) in [6.07, 6.45) is 3.73. The highest BCUT2D eigenvalue weighted by molar-refractivity contribution is 6.30. The number of rotatable bonds is 5. The number of nitrogens with zero attached hydrogens (tertiary/aromatic N) is 1. The minimum absolute atomic E-state index is 0.306. The van der Waals surface area contributed by atoms with Crippen LogP contribution in [0.2, 0.25) is 5.02 Å². The molecule has 0 radical (unpaired) electrons. The van der Waals surface area contributed by atoms with E-state index in [4.69, 9.17) is 11.6 Å². The average molecular weight is 342 g/mol. The molecule has 126 valence electrons. The topological polar surface area (TPSA) is 40.7 Å². The summed E-state index contributed by atoms with van der Waals surface area (Å²) in [4.78, 5) is 0. The molecule has 2 aromatic carbocycles. The summed E-state index contributed by atoms with van der Waals surface area (Å²) in [7, 11) is 1.97. The molecule has 0 aliphatic rings. The van der Waals surface area contributed by atoms with Crippen molar-refractivity contribution in [1.82, 2.24) is 15.5 Å². The summed E-state index contributed by atoms with van der Waals surface area (Å²) < 4.78 is 0. The van der Waals surface area contributed by atoms with E-state index in [0.29, 0.717) is 5.92 Å². The van der Waals surface area contributed by atoms with Gasteiger partial charge in [-0.25, -0.2) is 0 Å². The first-order chi connectivity index (χ1) is 11.8. The van der Waals surface area contributed by atoms with E-state index in [1.165, 1.54) is 11.1 Å². The van der Waals surface area contributed by atoms with Gasteiger partial charge in [0.2, 0.25) is 0 Å². The predicted molar refractivity (Wildman–Crippen MR) is 103 cm³/mol. The highest BCUT2D eigenvalue weighted by Gasteiger charge is 2.13. The second kappa shape index (κ2) is 9.26. The van der Waals surface area contributed by atoms with E-state index in [0.717, 1.165) is 22.7 Å². The van der Waals surface area contributed by atoms with Crippen LogP contribution >= 0.6 is 11.6 Å². The molecule has 24 heavy (non-hydrogen) atoms. The second-order valence-corrected chi connectivity index (χ2v) is 5.71. The maximum atomic E-state index is 5.99. The van der Waals surface area contributed by atoms with E-state index in [2.05, 4.69) is 51.9 Å². The number of H-pyrrole nitrogens is 1. The zero-order valence-corrected chi connectivity index (χ0v) is 15.1. The summed E-state index contributed by atoms with van der Waals surface area (Å²) in [6.45, 7) is 4.88. The molecule has 0 amide bonds. The molecular formula is C20H24ClN3. The van der Waals surface area contributed by atoms with Gasteiger partial charge in [0.05, 0.1) is 6.20 Å². The van der Waals surface area contributed by atoms with Gasteiger partial charge in [0.25, 0.3) is 0 Å². The molecule has 0 bridgehead atoms. The molecule has 3 aromatic rings. The Morgan fingerprint density at radius 3 is 2.04 bits per heavy atom. The Labute approximate surface area is 149 Å². The standard InChI is InChI=1S/C18H18ClN3.C2H6/c1-20-12-18(15-6-8-17(19)9-7-15)14-4-2-13(3-5-14)16-10-21-22-11-16;1-2/h2-11,18,20H,12H2,1H3,(H,21,22);1-2H3. The maximum Gasteiger partial charge on any atom is 0.0565 e. The van der Waals surface area contributed by atoms with Crippen LogP contribution in [0.15, 0.2) is 60.9 Å². The molecule has 0 saturated heterocycles. The van der Waals surface area contributed by atoms with Crippen LogP contribution < -0.4 is 5.32 Å². The van der Waals surface area contributed by atoms with Crippen molar-refractivity contribution < 1.29 is 0 Å². The quantitative estimate of drug-likeness (QED) is 0.677. The van der Waals surface area contributed by atoms with Crippen LogP contribution in [0.4, 0.5) is 0 Å². The van der Waals surface area contributed by atoms with Gasteiger partial charge >= 0.3 is 0 Å². The van der Waals surface area contributed by atoms with Crippen molar-refractivity contribution in [2.45, 2.75) is 19.8 Å². The molecule has 0 aliphatic heterocycles. The van der Waals surface area contributed by atoms with Gasteiger partial charge in [-0.15, -0.1) is 0 Å². The summed E-state index contributed by atoms with van der Waals surface area (Å²) in [5.41, 5.74) is 4.80. The third-order valence-corrected chi connectivity index (χ3v) is 4.08. The van der Waals surface area contributed by atoms with Crippen LogP contribution in [0.3, 0.4) is 0 Å². The van der Waals surface area contributed by atoms with Crippen LogP contribution in [-0.4, -0.2) is 23.8 Å². The van der Waals surface area contributed by atoms with Gasteiger partial charge in [0.1, 0.15) is 0 Å². The lowest BCUT2D eigenvalue weighted by molar-refractivity contribution is 0.708. The zero-order chi connectivity index (χ0) is 17.4. The maximum absolute atomic E-state index is 5.99. The minimum Gasteiger partial charge on any atom is -0.319 e. The van der Waals surface area contributed by atoms with Crippen LogP contribution in [0.25, 0.3) is 11.1 Å². The lowest BCUT2D eigenvalue weighted by atomic mass is 9.90. The van der Waals surface area contributed by atoms with E-state index in [1.54, 1.807) is 0 Å². The number of aromatic nitrogens is 2. The first kappa shape index (κ1) is 18.2. The Kier molecular flexibility index (Phi) is 7.04. The molecule has 4 heteroatoms. The minimum atomic E-state index is 0.306. The van der Waals surface area contributed by atoms with Crippen LogP contribution in [0.1, 0.15) is 30.9 Å². The Morgan fingerprint density at radius 2 is 1.54 bits per heavy atom. The largest absolute Gasteiger partial charge is 0.319 e. The highest BCUT2D eigenvalue weighted by atomic mass is 35.5. The number of benzene rings is 2. The first-order valence-electron chi connectivity index (χ1n) is 8.27. The normalized spacial score (nSPS) is 11.5. The molecule has 3 nitrogen and oxygen atoms in total. The number of hydrogen-bond acceptors (Lipinski definition) is 2. The van der Waals surface area contributed by atoms with Crippen LogP contribution in [0, 0.1) is 0 Å². The van der Waals surface area contributed by atoms with E-state index in [9.17, 15) is 0 Å². The smallest absolute Gasteiger partial charge is 0.0565 e. The predicted octanol–water partition coefficient (Wildman–Crippen LogP) is 5.11. The molecule has 1 atom stereocenters. The number of aromatic amines is 1. The third kappa shape index (κ3) is 4.47. The fourth-order valence-electron chi connectivity index (χ4n) is 2.64. The van der Waals surface area contributed by atoms with Crippen molar-refractivity contribution in [2.24, 2.45) is 0 Å². The van der Waals surface area contributed by atoms with Gasteiger partial charge in [-0.3, -0.25) is 5.10 Å². The SMILES string of the molecule is CC.CNCC(c1ccc(Cl)cc1)c1ccc(-c2cn[nH]c2)cc1. The summed E-state index contributed by atoms with van der Waals surface area (Å²) >= 11 is 5.99. The lowest BCUT2D eigenvalue weighted by Crippen LogP contribution is -2.18. The van der Waals surface area contributed by atoms with Crippen molar-refractivity contribution in [2.75, 3.05) is 13.6 Å². The Bertz CT molecular complexity index is 704. The van der Waals surface area contributed by atoms with Crippen molar-refractivity contribution >= 4 is 11.6 Å². The van der Waals surface area contributed by atoms with Gasteiger partial charge in [-0.05, 0) is 35.9 Å². The van der Waals surface area contributed by atoms with E-state index < -0.39 is 0 Å². The van der Waals surface area contributed by atoms with Gasteiger partial charge in [-0.2, -0.15) is 5.10 Å². The highest BCUT2D eigenvalue weighted by Crippen LogP contribution is 2.27. The summed E-state index contributed by atoms with van der Waals surface area (Å²) in [6, 6.07) is 16.7. The number of likely N-dealkylation sites (N-methyl/N-ethyl adjacent to an activating group) is 1. The van der Waals surface area contributed by atoms with E-state index in [1.807, 2.05) is 45.4 Å². The third-order valence-electron chi connectivity index (χ3n) is 3.83. The molecule has 0 spiro atoms. The second-order valence-electron chi connectivity index (χ2n) is 5.27. The van der Waals surface area contributed by atoms with Gasteiger partial charge in [-0.1, -0.05) is 61.8 Å². The molecule has 1 unspecified atom stereocenters. The molecule has 1 heterocycles. The molecule has 1 aromatic heterocycles. The van der Waals surface area contributed by atoms with E-state index in [-0.39, 0.29) is 0 Å². The first-order valence-corrected chi connectivity index (χ1v) is 8.65. The molecule has 0 aliphatic carbocycles. The van der Waals surface area contributed by atoms with Gasteiger partial charge in [0.15, 0.2) is 0 Å². The molecule has 3 rings (SSSR count). The number of halogens is 1. The molecule has 0 saturated carbocycles. The molecular weight excluding hydrogens is 318 g/mol. The van der Waals surface area contributed by atoms with Crippen molar-refractivity contribution in [3.05, 3.63) is 77.1 Å². The zero-order valence-electron chi connectivity index (χ0n) is 14.4. The monoisotopic (exact) mass is 341 g/mol. The van der Waals surface area contributed by atoms with Gasteiger partial charge in [0, 0.05) is 29.2 Å². The van der Waals surface area contributed by atoms with Crippen LogP contribution in [-0.2, 0) is 0 Å². The van der Waals surface area contributed by atoms with Crippen molar-refractivity contribution in [3.8, 4) is 11.1 Å². The van der Waals surface area contributed by atoms with Crippen molar-refractivity contribution in [1.29, 1.82) is 0 Å². The fourth-order valence-corrected chi connectivity index (χ4v) is 2.77. The van der Waals surface area contributed by atoms with E-state index >= 15 is 0 Å². The average Bonchev–Trinajstić information content (AvgIpc) is 3.17. The van der Waals surface area contributed by atoms with Crippen LogP contribution in [0.5, 0.6) is 0 Å². The van der Waals surface area contributed by atoms with Crippen molar-refractivity contribution in [3.63, 3.8) is 0 Å². The fraction of sp³-hybridized carbons (Fsp3) is 0.250. The van der Waals surface area contributed by atoms with Gasteiger partial charge < -0.3 is 5.32 Å². The molecule has 2 N–H and O–H groups in total. The summed E-state index contributed by atoms with van der Waals surface area (Å²) in [5.74, 6) is 0.306. The number of hydrogen-bond donors (Lipinski definition) is 2. The Morgan fingerprint density at radius 1 is 0.958 bits per heavy atom. The Balaban J connectivity index is 0.00000100. The number of nitrogens with one attached hydrogen (secondary N) is 2.